The van der Waals surface area contributed by atoms with Gasteiger partial charge in [-0.2, -0.15) is 0 Å². The molecule has 0 saturated heterocycles. The number of rotatable bonds is 5. The molecule has 5 nitrogen and oxygen atoms in total. The topological polar surface area (TPSA) is 72.5 Å². The number of halogens is 1. The molecule has 0 aromatic rings. The second-order valence-electron chi connectivity index (χ2n) is 5.62. The van der Waals surface area contributed by atoms with Gasteiger partial charge in [0.05, 0.1) is 5.75 Å². The van der Waals surface area contributed by atoms with Crippen molar-refractivity contribution in [1.82, 2.24) is 5.32 Å². The van der Waals surface area contributed by atoms with Crippen LogP contribution in [0.25, 0.3) is 0 Å². The van der Waals surface area contributed by atoms with Crippen molar-refractivity contribution in [2.24, 2.45) is 5.92 Å². The normalized spacial score (nSPS) is 18.2. The summed E-state index contributed by atoms with van der Waals surface area (Å²) in [5.74, 6) is 0.210. The van der Waals surface area contributed by atoms with Crippen LogP contribution in [0.15, 0.2) is 0 Å². The molecule has 0 spiro atoms. The lowest BCUT2D eigenvalue weighted by Gasteiger charge is -2.23. The second kappa shape index (κ2) is 5.65. The fourth-order valence-electron chi connectivity index (χ4n) is 1.65. The molecule has 0 bridgehead atoms. The van der Waals surface area contributed by atoms with Crippen LogP contribution in [0.3, 0.4) is 0 Å². The molecule has 0 aromatic heterocycles. The minimum atomic E-state index is -3.52. The van der Waals surface area contributed by atoms with Gasteiger partial charge in [-0.25, -0.2) is 13.2 Å². The van der Waals surface area contributed by atoms with Crippen LogP contribution in [0, 0.1) is 5.92 Å². The van der Waals surface area contributed by atoms with Crippen molar-refractivity contribution >= 4 is 25.8 Å². The van der Waals surface area contributed by atoms with E-state index < -0.39 is 20.7 Å². The molecule has 1 rings (SSSR count). The highest BCUT2D eigenvalue weighted by Crippen LogP contribution is 2.34. The van der Waals surface area contributed by atoms with Crippen LogP contribution in [0.5, 0.6) is 0 Å². The number of hydrogen-bond acceptors (Lipinski definition) is 4. The van der Waals surface area contributed by atoms with Crippen molar-refractivity contribution in [3.63, 3.8) is 0 Å². The van der Waals surface area contributed by atoms with Crippen LogP contribution < -0.4 is 5.32 Å². The number of carbonyl (C=O) groups is 1. The Morgan fingerprint density at radius 3 is 2.39 bits per heavy atom. The fourth-order valence-corrected chi connectivity index (χ4v) is 2.45. The molecule has 0 heterocycles. The summed E-state index contributed by atoms with van der Waals surface area (Å²) >= 11 is 0. The van der Waals surface area contributed by atoms with Gasteiger partial charge in [-0.15, -0.1) is 0 Å². The average Bonchev–Trinajstić information content (AvgIpc) is 2.90. The quantitative estimate of drug-likeness (QED) is 0.790. The van der Waals surface area contributed by atoms with Crippen molar-refractivity contribution in [3.05, 3.63) is 0 Å². The lowest BCUT2D eigenvalue weighted by molar-refractivity contribution is 0.0496. The molecule has 7 heteroatoms. The molecule has 1 unspecified atom stereocenters. The fraction of sp³-hybridized carbons (Fsp3) is 0.909. The number of carbonyl (C=O) groups excluding carboxylic acids is 1. The number of hydrogen-bond donors (Lipinski definition) is 1. The van der Waals surface area contributed by atoms with E-state index in [1.54, 1.807) is 20.8 Å². The van der Waals surface area contributed by atoms with Crippen LogP contribution in [-0.2, 0) is 13.8 Å². The van der Waals surface area contributed by atoms with Gasteiger partial charge in [-0.05, 0) is 46.0 Å². The number of nitrogens with one attached hydrogen (secondary N) is 1. The Morgan fingerprint density at radius 2 is 2.00 bits per heavy atom. The van der Waals surface area contributed by atoms with Crippen molar-refractivity contribution in [2.45, 2.75) is 51.7 Å². The van der Waals surface area contributed by atoms with Gasteiger partial charge in [0.15, 0.2) is 0 Å². The van der Waals surface area contributed by atoms with Crippen LogP contribution in [0.2, 0.25) is 0 Å². The first-order valence-electron chi connectivity index (χ1n) is 5.99. The van der Waals surface area contributed by atoms with E-state index in [9.17, 15) is 13.2 Å². The Hall–Kier alpha value is -0.490. The molecule has 0 radical (unpaired) electrons. The number of ether oxygens (including phenoxy) is 1. The van der Waals surface area contributed by atoms with Gasteiger partial charge >= 0.3 is 6.09 Å². The summed E-state index contributed by atoms with van der Waals surface area (Å²) in [5, 5.41) is 2.72. The maximum atomic E-state index is 11.6. The zero-order valence-corrected chi connectivity index (χ0v) is 12.5. The predicted molar refractivity (Wildman–Crippen MR) is 70.1 cm³/mol. The third-order valence-electron chi connectivity index (χ3n) is 2.57. The molecule has 1 saturated carbocycles. The van der Waals surface area contributed by atoms with E-state index in [1.807, 2.05) is 0 Å². The Kier molecular flexibility index (Phi) is 4.89. The van der Waals surface area contributed by atoms with E-state index in [-0.39, 0.29) is 11.8 Å². The molecule has 1 atom stereocenters. The Morgan fingerprint density at radius 1 is 1.44 bits per heavy atom. The molecule has 1 N–H and O–H groups in total. The summed E-state index contributed by atoms with van der Waals surface area (Å²) in [6.45, 7) is 5.34. The van der Waals surface area contributed by atoms with Gasteiger partial charge in [0, 0.05) is 16.7 Å². The first-order valence-corrected chi connectivity index (χ1v) is 8.46. The zero-order valence-electron chi connectivity index (χ0n) is 10.9. The average molecular weight is 298 g/mol. The highest BCUT2D eigenvalue weighted by atomic mass is 35.7. The van der Waals surface area contributed by atoms with Gasteiger partial charge in [0.25, 0.3) is 0 Å². The van der Waals surface area contributed by atoms with E-state index in [4.69, 9.17) is 15.4 Å². The summed E-state index contributed by atoms with van der Waals surface area (Å²) in [6, 6.07) is -0.173. The number of alkyl carbamates (subject to hydrolysis) is 1. The van der Waals surface area contributed by atoms with Gasteiger partial charge < -0.3 is 10.1 Å². The summed E-state index contributed by atoms with van der Waals surface area (Å²) in [4.78, 5) is 11.6. The third kappa shape index (κ3) is 7.06. The molecule has 1 amide bonds. The standard InChI is InChI=1S/C11H20ClNO4S/c1-11(2,3)17-10(14)13-9(8-4-5-8)6-7-18(12,15)16/h8-9H,4-7H2,1-3H3,(H,13,14). The van der Waals surface area contributed by atoms with E-state index >= 15 is 0 Å². The van der Waals surface area contributed by atoms with E-state index in [1.165, 1.54) is 0 Å². The monoisotopic (exact) mass is 297 g/mol. The summed E-state index contributed by atoms with van der Waals surface area (Å²) < 4.78 is 27.0. The van der Waals surface area contributed by atoms with Crippen LogP contribution >= 0.6 is 10.7 Å². The highest BCUT2D eigenvalue weighted by molar-refractivity contribution is 8.13. The smallest absolute Gasteiger partial charge is 0.407 e. The molecule has 1 fully saturated rings. The highest BCUT2D eigenvalue weighted by Gasteiger charge is 2.33. The molecular formula is C11H20ClNO4S. The van der Waals surface area contributed by atoms with E-state index in [2.05, 4.69) is 5.32 Å². The lowest BCUT2D eigenvalue weighted by Crippen LogP contribution is -2.41. The zero-order chi connectivity index (χ0) is 14.0. The predicted octanol–water partition coefficient (Wildman–Crippen LogP) is 2.25. The van der Waals surface area contributed by atoms with E-state index in [0.29, 0.717) is 12.3 Å². The van der Waals surface area contributed by atoms with Crippen molar-refractivity contribution < 1.29 is 17.9 Å². The summed E-state index contributed by atoms with van der Waals surface area (Å²) in [6.07, 6.45) is 1.83. The molecular weight excluding hydrogens is 278 g/mol. The molecule has 1 aliphatic rings. The first-order chi connectivity index (χ1) is 8.07. The minimum absolute atomic E-state index is 0.133. The van der Waals surface area contributed by atoms with Crippen molar-refractivity contribution in [1.29, 1.82) is 0 Å². The Bertz CT molecular complexity index is 398. The molecule has 106 valence electrons. The van der Waals surface area contributed by atoms with Crippen LogP contribution in [-0.4, -0.2) is 31.9 Å². The van der Waals surface area contributed by atoms with Crippen LogP contribution in [0.1, 0.15) is 40.0 Å². The molecule has 1 aliphatic carbocycles. The second-order valence-corrected chi connectivity index (χ2v) is 8.52. The first kappa shape index (κ1) is 15.6. The van der Waals surface area contributed by atoms with Gasteiger partial charge in [0.2, 0.25) is 9.05 Å². The van der Waals surface area contributed by atoms with Crippen LogP contribution in [0.4, 0.5) is 4.79 Å². The van der Waals surface area contributed by atoms with Gasteiger partial charge in [0.1, 0.15) is 5.60 Å². The Labute approximate surface area is 113 Å². The van der Waals surface area contributed by atoms with Gasteiger partial charge in [-0.3, -0.25) is 0 Å². The summed E-state index contributed by atoms with van der Waals surface area (Å²) in [7, 11) is 1.66. The maximum absolute atomic E-state index is 11.6. The van der Waals surface area contributed by atoms with Gasteiger partial charge in [-0.1, -0.05) is 0 Å². The van der Waals surface area contributed by atoms with E-state index in [0.717, 1.165) is 12.8 Å². The minimum Gasteiger partial charge on any atom is -0.444 e. The molecule has 18 heavy (non-hydrogen) atoms. The van der Waals surface area contributed by atoms with Crippen molar-refractivity contribution in [2.75, 3.05) is 5.75 Å². The third-order valence-corrected chi connectivity index (χ3v) is 3.75. The maximum Gasteiger partial charge on any atom is 0.407 e. The Balaban J connectivity index is 2.46. The summed E-state index contributed by atoms with van der Waals surface area (Å²) in [5.41, 5.74) is -0.559. The molecule has 0 aromatic carbocycles. The largest absolute Gasteiger partial charge is 0.444 e. The molecule has 0 aliphatic heterocycles. The SMILES string of the molecule is CC(C)(C)OC(=O)NC(CCS(=O)(=O)Cl)C1CC1. The lowest BCUT2D eigenvalue weighted by atomic mass is 10.1. The van der Waals surface area contributed by atoms with Crippen molar-refractivity contribution in [3.8, 4) is 0 Å². The number of amides is 1.